The van der Waals surface area contributed by atoms with Gasteiger partial charge in [0.15, 0.2) is 5.70 Å². The molecule has 0 spiro atoms. The van der Waals surface area contributed by atoms with Crippen molar-refractivity contribution in [2.75, 3.05) is 19.1 Å². The van der Waals surface area contributed by atoms with Crippen molar-refractivity contribution in [3.63, 3.8) is 0 Å². The maximum absolute atomic E-state index is 14.9. The molecule has 0 fully saturated rings. The van der Waals surface area contributed by atoms with E-state index in [0.717, 1.165) is 11.1 Å². The molecule has 1 aliphatic heterocycles. The molecular formula is C32H26N3O4+. The number of methoxy groups -OCH3 is 1. The van der Waals surface area contributed by atoms with Crippen molar-refractivity contribution >= 4 is 34.8 Å². The topological polar surface area (TPSA) is 90.6 Å². The van der Waals surface area contributed by atoms with Crippen molar-refractivity contribution in [1.29, 1.82) is 5.26 Å². The molecule has 7 heteroatoms. The molecule has 0 bridgehead atoms. The number of aromatic carboxylic acids is 1. The number of nitrogens with zero attached hydrogens (tertiary/aromatic N) is 3. The second-order valence-corrected chi connectivity index (χ2v) is 9.31. The van der Waals surface area contributed by atoms with Crippen LogP contribution >= 0.6 is 0 Å². The fourth-order valence-electron chi connectivity index (χ4n) is 5.16. The highest BCUT2D eigenvalue weighted by Crippen LogP contribution is 2.51. The quantitative estimate of drug-likeness (QED) is 0.289. The highest BCUT2D eigenvalue weighted by molar-refractivity contribution is 6.26. The lowest BCUT2D eigenvalue weighted by atomic mass is 10.0. The third kappa shape index (κ3) is 4.04. The molecular weight excluding hydrogens is 490 g/mol. The first-order valence-electron chi connectivity index (χ1n) is 12.3. The summed E-state index contributed by atoms with van der Waals surface area (Å²) in [7, 11) is 3.30. The lowest BCUT2D eigenvalue weighted by Gasteiger charge is -2.29. The number of carbonyl (C=O) groups excluding carboxylic acids is 1. The van der Waals surface area contributed by atoms with E-state index >= 15 is 0 Å². The summed E-state index contributed by atoms with van der Waals surface area (Å²) in [6, 6.07) is 30.8. The molecule has 0 aromatic heterocycles. The second-order valence-electron chi connectivity index (χ2n) is 9.31. The molecule has 39 heavy (non-hydrogen) atoms. The number of nitriles is 1. The molecule has 0 aliphatic carbocycles. The van der Waals surface area contributed by atoms with E-state index in [1.165, 1.54) is 19.2 Å². The fourth-order valence-corrected chi connectivity index (χ4v) is 5.16. The first-order valence-corrected chi connectivity index (χ1v) is 12.3. The predicted molar refractivity (Wildman–Crippen MR) is 151 cm³/mol. The Balaban J connectivity index is 1.95. The third-order valence-electron chi connectivity index (χ3n) is 7.13. The summed E-state index contributed by atoms with van der Waals surface area (Å²) in [6.45, 7) is 1.79. The Kier molecular flexibility index (Phi) is 6.48. The van der Waals surface area contributed by atoms with Crippen LogP contribution in [-0.2, 0) is 0 Å². The molecule has 2 amide bonds. The molecule has 0 radical (unpaired) electrons. The number of benzene rings is 4. The zero-order valence-electron chi connectivity index (χ0n) is 21.8. The number of rotatable bonds is 6. The van der Waals surface area contributed by atoms with E-state index in [1.54, 1.807) is 43.1 Å². The van der Waals surface area contributed by atoms with Gasteiger partial charge in [0, 0.05) is 23.3 Å². The van der Waals surface area contributed by atoms with Crippen LogP contribution in [0, 0.1) is 18.3 Å². The van der Waals surface area contributed by atoms with Crippen LogP contribution < -0.4 is 14.1 Å². The maximum Gasteiger partial charge on any atom is 0.438 e. The van der Waals surface area contributed by atoms with Crippen molar-refractivity contribution in [2.45, 2.75) is 6.92 Å². The highest BCUT2D eigenvalue weighted by Gasteiger charge is 2.55. The first kappa shape index (κ1) is 25.5. The van der Waals surface area contributed by atoms with E-state index in [2.05, 4.69) is 6.07 Å². The van der Waals surface area contributed by atoms with Gasteiger partial charge in [-0.05, 0) is 42.8 Å². The van der Waals surface area contributed by atoms with Crippen LogP contribution in [0.4, 0.5) is 16.2 Å². The Bertz CT molecular complexity index is 1670. The zero-order valence-corrected chi connectivity index (χ0v) is 21.8. The summed E-state index contributed by atoms with van der Waals surface area (Å²) < 4.78 is 5.39. The third-order valence-corrected chi connectivity index (χ3v) is 7.13. The highest BCUT2D eigenvalue weighted by atomic mass is 16.5. The Morgan fingerprint density at radius 1 is 0.923 bits per heavy atom. The molecule has 1 unspecified atom stereocenters. The first-order chi connectivity index (χ1) is 18.8. The number of carbonyl (C=O) groups is 2. The molecule has 1 heterocycles. The van der Waals surface area contributed by atoms with Crippen LogP contribution in [0.25, 0.3) is 11.4 Å². The van der Waals surface area contributed by atoms with E-state index in [1.807, 2.05) is 60.7 Å². The minimum Gasteiger partial charge on any atom is -0.495 e. The average Bonchev–Trinajstić information content (AvgIpc) is 3.21. The van der Waals surface area contributed by atoms with Crippen LogP contribution in [0.1, 0.15) is 32.6 Å². The summed E-state index contributed by atoms with van der Waals surface area (Å²) in [6.07, 6.45) is 0. The molecule has 5 rings (SSSR count). The largest absolute Gasteiger partial charge is 0.495 e. The maximum atomic E-state index is 14.9. The monoisotopic (exact) mass is 516 g/mol. The summed E-state index contributed by atoms with van der Waals surface area (Å²) in [5.74, 6) is -0.645. The molecule has 1 N–H and O–H groups in total. The fraction of sp³-hybridized carbons (Fsp3) is 0.0938. The van der Waals surface area contributed by atoms with E-state index < -0.39 is 5.97 Å². The molecule has 0 saturated carbocycles. The van der Waals surface area contributed by atoms with Crippen LogP contribution in [0.5, 0.6) is 5.75 Å². The number of carboxylic acids is 1. The smallest absolute Gasteiger partial charge is 0.438 e. The number of amides is 2. The summed E-state index contributed by atoms with van der Waals surface area (Å²) in [5.41, 5.74) is 4.90. The van der Waals surface area contributed by atoms with Crippen molar-refractivity contribution < 1.29 is 19.4 Å². The number of carboxylic acid groups (broad SMARTS) is 1. The van der Waals surface area contributed by atoms with Crippen LogP contribution in [0.2, 0.25) is 0 Å². The minimum absolute atomic E-state index is 0.0759. The number of quaternary nitrogens is 1. The SMILES string of the molecule is COc1ccc(C#N)c(C)c1N1C(=O)[N+](C)(c2cccc(C(=O)O)c2)C(c2ccccc2)=C1c1ccccc1. The zero-order chi connectivity index (χ0) is 27.7. The molecule has 4 aromatic carbocycles. The molecule has 7 nitrogen and oxygen atoms in total. The molecule has 1 atom stereocenters. The lowest BCUT2D eigenvalue weighted by Crippen LogP contribution is -2.49. The number of hydrogen-bond acceptors (Lipinski definition) is 4. The van der Waals surface area contributed by atoms with Gasteiger partial charge in [0.2, 0.25) is 0 Å². The van der Waals surface area contributed by atoms with Crippen molar-refractivity contribution in [3.05, 3.63) is 125 Å². The standard InChI is InChI=1S/C32H25N3O4/c1-21-25(20-33)17-18-27(39-3)28(21)34-29(22-11-6-4-7-12-22)30(23-13-8-5-9-14-23)35(2,32(34)38)26-16-10-15-24(19-26)31(36)37/h4-19H,1-3H3/p+1. The van der Waals surface area contributed by atoms with E-state index in [9.17, 15) is 20.0 Å². The summed E-state index contributed by atoms with van der Waals surface area (Å²) >= 11 is 0. The van der Waals surface area contributed by atoms with E-state index in [4.69, 9.17) is 4.74 Å². The van der Waals surface area contributed by atoms with Crippen LogP contribution in [0.15, 0.2) is 97.1 Å². The number of hydrogen-bond donors (Lipinski definition) is 1. The van der Waals surface area contributed by atoms with Gasteiger partial charge in [-0.15, -0.1) is 0 Å². The van der Waals surface area contributed by atoms with Gasteiger partial charge < -0.3 is 9.84 Å². The number of urea groups is 1. The number of ether oxygens (including phenoxy) is 1. The predicted octanol–water partition coefficient (Wildman–Crippen LogP) is 6.68. The van der Waals surface area contributed by atoms with Gasteiger partial charge in [-0.25, -0.2) is 14.5 Å². The van der Waals surface area contributed by atoms with E-state index in [-0.39, 0.29) is 16.1 Å². The van der Waals surface area contributed by atoms with Gasteiger partial charge >= 0.3 is 12.0 Å². The Labute approximate surface area is 226 Å². The van der Waals surface area contributed by atoms with Gasteiger partial charge in [-0.3, -0.25) is 0 Å². The van der Waals surface area contributed by atoms with Crippen LogP contribution in [-0.4, -0.2) is 31.3 Å². The van der Waals surface area contributed by atoms with E-state index in [0.29, 0.717) is 39.6 Å². The minimum atomic E-state index is -1.08. The van der Waals surface area contributed by atoms with Gasteiger partial charge in [-0.2, -0.15) is 9.74 Å². The second kappa shape index (κ2) is 9.93. The summed E-state index contributed by atoms with van der Waals surface area (Å²) in [4.78, 5) is 28.4. The van der Waals surface area contributed by atoms with Gasteiger partial charge in [0.1, 0.15) is 22.8 Å². The van der Waals surface area contributed by atoms with Crippen molar-refractivity contribution in [2.24, 2.45) is 0 Å². The normalized spacial score (nSPS) is 16.8. The van der Waals surface area contributed by atoms with Crippen molar-refractivity contribution in [3.8, 4) is 11.8 Å². The average molecular weight is 517 g/mol. The Morgan fingerprint density at radius 3 is 2.15 bits per heavy atom. The Hall–Kier alpha value is -5.19. The molecule has 1 aliphatic rings. The molecule has 4 aromatic rings. The Morgan fingerprint density at radius 2 is 1.56 bits per heavy atom. The lowest BCUT2D eigenvalue weighted by molar-refractivity contribution is 0.0696. The van der Waals surface area contributed by atoms with Gasteiger partial charge in [0.05, 0.1) is 31.4 Å². The van der Waals surface area contributed by atoms with Crippen LogP contribution in [0.3, 0.4) is 0 Å². The molecule has 192 valence electrons. The van der Waals surface area contributed by atoms with Crippen molar-refractivity contribution in [1.82, 2.24) is 4.48 Å². The van der Waals surface area contributed by atoms with Gasteiger partial charge in [0.25, 0.3) is 0 Å². The molecule has 0 saturated heterocycles. The summed E-state index contributed by atoms with van der Waals surface area (Å²) in [5, 5.41) is 19.6. The number of anilines is 1. The van der Waals surface area contributed by atoms with Gasteiger partial charge in [-0.1, -0.05) is 54.6 Å².